The Balaban J connectivity index is 1.97. The molecule has 1 heterocycles. The minimum atomic E-state index is -4.23. The van der Waals surface area contributed by atoms with Crippen molar-refractivity contribution < 1.29 is 27.5 Å². The van der Waals surface area contributed by atoms with Crippen LogP contribution in [0.25, 0.3) is 0 Å². The van der Waals surface area contributed by atoms with E-state index < -0.39 is 24.7 Å². The number of oxime groups is 1. The van der Waals surface area contributed by atoms with E-state index in [1.165, 1.54) is 12.1 Å². The van der Waals surface area contributed by atoms with Gasteiger partial charge in [0, 0.05) is 6.42 Å². The highest BCUT2D eigenvalue weighted by molar-refractivity contribution is 6.36. The SMILES string of the molecule is CCOC(=O)C1=NOC(c2ccc(CC(F)(F)F)cc2)C1. The summed E-state index contributed by atoms with van der Waals surface area (Å²) in [6.45, 7) is 1.93. The lowest BCUT2D eigenvalue weighted by molar-refractivity contribution is -0.135. The van der Waals surface area contributed by atoms with Crippen LogP contribution in [0.1, 0.15) is 30.6 Å². The Bertz CT molecular complexity index is 537. The number of alkyl halides is 3. The average molecular weight is 301 g/mol. The molecule has 4 nitrogen and oxygen atoms in total. The molecule has 0 amide bonds. The van der Waals surface area contributed by atoms with Crippen molar-refractivity contribution in [1.82, 2.24) is 0 Å². The first kappa shape index (κ1) is 15.3. The van der Waals surface area contributed by atoms with Crippen LogP contribution in [0.15, 0.2) is 29.4 Å². The Morgan fingerprint density at radius 2 is 2.05 bits per heavy atom. The number of benzene rings is 1. The lowest BCUT2D eigenvalue weighted by Crippen LogP contribution is -2.16. The molecule has 0 N–H and O–H groups in total. The summed E-state index contributed by atoms with van der Waals surface area (Å²) in [6.07, 6.45) is -5.42. The first-order valence-corrected chi connectivity index (χ1v) is 6.44. The van der Waals surface area contributed by atoms with E-state index in [1.807, 2.05) is 0 Å². The van der Waals surface area contributed by atoms with Gasteiger partial charge < -0.3 is 9.57 Å². The van der Waals surface area contributed by atoms with Gasteiger partial charge in [0.2, 0.25) is 0 Å². The van der Waals surface area contributed by atoms with Crippen molar-refractivity contribution in [1.29, 1.82) is 0 Å². The molecule has 1 aliphatic rings. The predicted octanol–water partition coefficient (Wildman–Crippen LogP) is 3.17. The Kier molecular flexibility index (Phi) is 4.50. The van der Waals surface area contributed by atoms with Gasteiger partial charge in [0.15, 0.2) is 11.8 Å². The summed E-state index contributed by atoms with van der Waals surface area (Å²) in [5.41, 5.74) is 1.03. The smallest absolute Gasteiger partial charge is 0.393 e. The highest BCUT2D eigenvalue weighted by Crippen LogP contribution is 2.29. The van der Waals surface area contributed by atoms with Gasteiger partial charge >= 0.3 is 12.1 Å². The molecule has 0 aliphatic carbocycles. The quantitative estimate of drug-likeness (QED) is 0.803. The molecule has 0 saturated heterocycles. The number of carbonyl (C=O) groups excluding carboxylic acids is 1. The summed E-state index contributed by atoms with van der Waals surface area (Å²) in [7, 11) is 0. The number of hydrogen-bond acceptors (Lipinski definition) is 4. The Labute approximate surface area is 119 Å². The van der Waals surface area contributed by atoms with Crippen LogP contribution in [-0.4, -0.2) is 24.5 Å². The molecule has 1 aliphatic heterocycles. The molecule has 0 aromatic heterocycles. The van der Waals surface area contributed by atoms with Crippen molar-refractivity contribution in [3.05, 3.63) is 35.4 Å². The Morgan fingerprint density at radius 1 is 1.38 bits per heavy atom. The fraction of sp³-hybridized carbons (Fsp3) is 0.429. The molecule has 1 aromatic carbocycles. The van der Waals surface area contributed by atoms with Crippen LogP contribution in [0.4, 0.5) is 13.2 Å². The maximum Gasteiger partial charge on any atom is 0.393 e. The molecule has 2 rings (SSSR count). The monoisotopic (exact) mass is 301 g/mol. The highest BCUT2D eigenvalue weighted by Gasteiger charge is 2.29. The zero-order chi connectivity index (χ0) is 15.5. The van der Waals surface area contributed by atoms with Crippen molar-refractivity contribution in [2.45, 2.75) is 32.0 Å². The number of ether oxygens (including phenoxy) is 1. The molecule has 0 spiro atoms. The van der Waals surface area contributed by atoms with Gasteiger partial charge in [-0.1, -0.05) is 29.4 Å². The van der Waals surface area contributed by atoms with Gasteiger partial charge in [-0.2, -0.15) is 13.2 Å². The normalized spacial score (nSPS) is 18.1. The number of carbonyl (C=O) groups is 1. The molecular formula is C14H14F3NO3. The van der Waals surface area contributed by atoms with Gasteiger partial charge in [0.1, 0.15) is 0 Å². The average Bonchev–Trinajstić information content (AvgIpc) is 2.87. The lowest BCUT2D eigenvalue weighted by Gasteiger charge is -2.10. The fourth-order valence-corrected chi connectivity index (χ4v) is 1.97. The van der Waals surface area contributed by atoms with Gasteiger partial charge in [-0.3, -0.25) is 0 Å². The van der Waals surface area contributed by atoms with E-state index in [0.717, 1.165) is 0 Å². The molecule has 1 unspecified atom stereocenters. The van der Waals surface area contributed by atoms with E-state index in [9.17, 15) is 18.0 Å². The summed E-state index contributed by atoms with van der Waals surface area (Å²) in [6, 6.07) is 5.90. The van der Waals surface area contributed by atoms with Crippen molar-refractivity contribution in [2.24, 2.45) is 5.16 Å². The van der Waals surface area contributed by atoms with Gasteiger partial charge in [-0.05, 0) is 18.1 Å². The van der Waals surface area contributed by atoms with Crippen LogP contribution in [0, 0.1) is 0 Å². The molecule has 114 valence electrons. The Morgan fingerprint density at radius 3 is 2.62 bits per heavy atom. The zero-order valence-electron chi connectivity index (χ0n) is 11.3. The number of halogens is 3. The van der Waals surface area contributed by atoms with Crippen LogP contribution < -0.4 is 0 Å². The van der Waals surface area contributed by atoms with E-state index in [4.69, 9.17) is 9.57 Å². The standard InChI is InChI=1S/C14H14F3NO3/c1-2-20-13(19)11-7-12(21-18-11)10-5-3-9(4-6-10)8-14(15,16)17/h3-6,12H,2,7-8H2,1H3. The molecular weight excluding hydrogens is 287 g/mol. The number of nitrogens with zero attached hydrogens (tertiary/aromatic N) is 1. The zero-order valence-corrected chi connectivity index (χ0v) is 11.3. The molecule has 21 heavy (non-hydrogen) atoms. The number of rotatable bonds is 4. The first-order chi connectivity index (χ1) is 9.89. The summed E-state index contributed by atoms with van der Waals surface area (Å²) >= 11 is 0. The second kappa shape index (κ2) is 6.15. The predicted molar refractivity (Wildman–Crippen MR) is 68.7 cm³/mol. The summed E-state index contributed by atoms with van der Waals surface area (Å²) in [4.78, 5) is 16.6. The molecule has 0 bridgehead atoms. The largest absolute Gasteiger partial charge is 0.461 e. The van der Waals surface area contributed by atoms with Crippen molar-refractivity contribution in [2.75, 3.05) is 6.61 Å². The topological polar surface area (TPSA) is 47.9 Å². The molecule has 7 heteroatoms. The van der Waals surface area contributed by atoms with E-state index in [0.29, 0.717) is 5.56 Å². The molecule has 0 radical (unpaired) electrons. The first-order valence-electron chi connectivity index (χ1n) is 6.44. The third kappa shape index (κ3) is 4.21. The van der Waals surface area contributed by atoms with Gasteiger partial charge in [-0.25, -0.2) is 4.79 Å². The van der Waals surface area contributed by atoms with Crippen molar-refractivity contribution >= 4 is 11.7 Å². The molecule has 1 aromatic rings. The van der Waals surface area contributed by atoms with Crippen molar-refractivity contribution in [3.63, 3.8) is 0 Å². The lowest BCUT2D eigenvalue weighted by atomic mass is 10.0. The summed E-state index contributed by atoms with van der Waals surface area (Å²) in [5, 5.41) is 3.66. The van der Waals surface area contributed by atoms with E-state index in [1.54, 1.807) is 19.1 Å². The Hall–Kier alpha value is -2.05. The van der Waals surface area contributed by atoms with Crippen LogP contribution in [0.3, 0.4) is 0 Å². The summed E-state index contributed by atoms with van der Waals surface area (Å²) < 4.78 is 41.6. The number of esters is 1. The molecule has 0 saturated carbocycles. The van der Waals surface area contributed by atoms with Crippen LogP contribution in [0.2, 0.25) is 0 Å². The maximum atomic E-state index is 12.3. The second-order valence-electron chi connectivity index (χ2n) is 4.59. The summed E-state index contributed by atoms with van der Waals surface area (Å²) in [5.74, 6) is -0.534. The minimum absolute atomic E-state index is 0.177. The third-order valence-corrected chi connectivity index (χ3v) is 2.94. The van der Waals surface area contributed by atoms with Gasteiger partial charge in [0.25, 0.3) is 0 Å². The maximum absolute atomic E-state index is 12.3. The third-order valence-electron chi connectivity index (χ3n) is 2.94. The van der Waals surface area contributed by atoms with E-state index >= 15 is 0 Å². The van der Waals surface area contributed by atoms with E-state index in [2.05, 4.69) is 5.16 Å². The van der Waals surface area contributed by atoms with Crippen LogP contribution in [-0.2, 0) is 20.8 Å². The molecule has 0 fully saturated rings. The van der Waals surface area contributed by atoms with Crippen LogP contribution >= 0.6 is 0 Å². The number of hydrogen-bond donors (Lipinski definition) is 0. The van der Waals surface area contributed by atoms with Gasteiger partial charge in [0.05, 0.1) is 13.0 Å². The van der Waals surface area contributed by atoms with E-state index in [-0.39, 0.29) is 24.3 Å². The van der Waals surface area contributed by atoms with Crippen molar-refractivity contribution in [3.8, 4) is 0 Å². The molecule has 1 atom stereocenters. The fourth-order valence-electron chi connectivity index (χ4n) is 1.97. The van der Waals surface area contributed by atoms with Crippen LogP contribution in [0.5, 0.6) is 0 Å². The minimum Gasteiger partial charge on any atom is -0.461 e. The van der Waals surface area contributed by atoms with Gasteiger partial charge in [-0.15, -0.1) is 0 Å². The highest BCUT2D eigenvalue weighted by atomic mass is 19.4. The second-order valence-corrected chi connectivity index (χ2v) is 4.59.